The van der Waals surface area contributed by atoms with Crippen molar-refractivity contribution in [2.24, 2.45) is 0 Å². The molecule has 1 unspecified atom stereocenters. The third-order valence-corrected chi connectivity index (χ3v) is 6.64. The van der Waals surface area contributed by atoms with E-state index in [1.54, 1.807) is 6.92 Å². The molecule has 0 aromatic heterocycles. The fourth-order valence-corrected chi connectivity index (χ4v) is 5.13. The SMILES string of the molecule is C#CCCCCP(=O)(CCCCC#C)C(C#CC)C(=O)O. The molecular formula is C17H23O3P. The van der Waals surface area contributed by atoms with Gasteiger partial charge >= 0.3 is 5.97 Å². The van der Waals surface area contributed by atoms with Crippen LogP contribution in [0, 0.1) is 36.5 Å². The highest BCUT2D eigenvalue weighted by atomic mass is 31.2. The lowest BCUT2D eigenvalue weighted by molar-refractivity contribution is -0.135. The van der Waals surface area contributed by atoms with Gasteiger partial charge in [-0.15, -0.1) is 30.6 Å². The van der Waals surface area contributed by atoms with Crippen molar-refractivity contribution in [1.82, 2.24) is 0 Å². The zero-order chi connectivity index (χ0) is 16.1. The van der Waals surface area contributed by atoms with Crippen LogP contribution in [0.4, 0.5) is 0 Å². The van der Waals surface area contributed by atoms with Crippen LogP contribution in [0.1, 0.15) is 45.4 Å². The van der Waals surface area contributed by atoms with Crippen molar-refractivity contribution in [2.45, 2.75) is 51.1 Å². The van der Waals surface area contributed by atoms with Crippen LogP contribution in [-0.4, -0.2) is 29.1 Å². The first kappa shape index (κ1) is 19.4. The summed E-state index contributed by atoms with van der Waals surface area (Å²) in [6, 6.07) is 0. The van der Waals surface area contributed by atoms with Crippen molar-refractivity contribution in [3.8, 4) is 36.5 Å². The molecule has 1 atom stereocenters. The summed E-state index contributed by atoms with van der Waals surface area (Å²) >= 11 is 0. The van der Waals surface area contributed by atoms with Gasteiger partial charge in [-0.2, -0.15) is 0 Å². The Kier molecular flexibility index (Phi) is 10.2. The third-order valence-electron chi connectivity index (χ3n) is 3.20. The van der Waals surface area contributed by atoms with Gasteiger partial charge in [0, 0.05) is 25.2 Å². The van der Waals surface area contributed by atoms with Crippen LogP contribution in [0.5, 0.6) is 0 Å². The van der Waals surface area contributed by atoms with Crippen molar-refractivity contribution in [2.75, 3.05) is 12.3 Å². The predicted octanol–water partition coefficient (Wildman–Crippen LogP) is 3.43. The Labute approximate surface area is 128 Å². The zero-order valence-corrected chi connectivity index (χ0v) is 13.5. The van der Waals surface area contributed by atoms with Crippen LogP contribution in [0.3, 0.4) is 0 Å². The Morgan fingerprint density at radius 1 is 1.10 bits per heavy atom. The number of carbonyl (C=O) groups is 1. The van der Waals surface area contributed by atoms with Crippen LogP contribution < -0.4 is 0 Å². The normalized spacial score (nSPS) is 11.6. The maximum Gasteiger partial charge on any atom is 0.326 e. The molecule has 3 nitrogen and oxygen atoms in total. The van der Waals surface area contributed by atoms with Gasteiger partial charge in [0.25, 0.3) is 0 Å². The van der Waals surface area contributed by atoms with E-state index in [1.165, 1.54) is 0 Å². The van der Waals surface area contributed by atoms with Crippen LogP contribution >= 0.6 is 7.14 Å². The number of aliphatic carboxylic acids is 1. The van der Waals surface area contributed by atoms with Gasteiger partial charge in [0.1, 0.15) is 7.14 Å². The van der Waals surface area contributed by atoms with Gasteiger partial charge in [0.05, 0.1) is 0 Å². The van der Waals surface area contributed by atoms with Crippen LogP contribution in [-0.2, 0) is 9.36 Å². The summed E-state index contributed by atoms with van der Waals surface area (Å²) < 4.78 is 13.1. The molecule has 0 aromatic rings. The molecule has 0 rings (SSSR count). The summed E-state index contributed by atoms with van der Waals surface area (Å²) in [5.41, 5.74) is -1.07. The van der Waals surface area contributed by atoms with E-state index in [0.717, 1.165) is 12.8 Å². The maximum absolute atomic E-state index is 13.1. The second-order valence-corrected chi connectivity index (χ2v) is 8.17. The Bertz CT molecular complexity index is 485. The predicted molar refractivity (Wildman–Crippen MR) is 87.6 cm³/mol. The molecule has 4 heteroatoms. The molecule has 114 valence electrons. The lowest BCUT2D eigenvalue weighted by Gasteiger charge is -2.21. The minimum absolute atomic E-state index is 0.385. The van der Waals surface area contributed by atoms with E-state index in [9.17, 15) is 14.5 Å². The van der Waals surface area contributed by atoms with Crippen LogP contribution in [0.25, 0.3) is 0 Å². The molecule has 1 N–H and O–H groups in total. The summed E-state index contributed by atoms with van der Waals surface area (Å²) in [5.74, 6) is 9.18. The molecule has 0 spiro atoms. The minimum Gasteiger partial charge on any atom is -0.480 e. The van der Waals surface area contributed by atoms with Crippen LogP contribution in [0.2, 0.25) is 0 Å². The number of hydrogen-bond acceptors (Lipinski definition) is 2. The fraction of sp³-hybridized carbons (Fsp3) is 0.588. The summed E-state index contributed by atoms with van der Waals surface area (Å²) in [6.07, 6.45) is 15.3. The molecule has 0 saturated heterocycles. The van der Waals surface area contributed by atoms with Crippen molar-refractivity contribution in [3.63, 3.8) is 0 Å². The third kappa shape index (κ3) is 7.66. The lowest BCUT2D eigenvalue weighted by atomic mass is 10.3. The topological polar surface area (TPSA) is 54.4 Å². The van der Waals surface area contributed by atoms with Crippen molar-refractivity contribution in [3.05, 3.63) is 0 Å². The molecule has 0 heterocycles. The van der Waals surface area contributed by atoms with Gasteiger partial charge in [-0.3, -0.25) is 4.79 Å². The van der Waals surface area contributed by atoms with Crippen molar-refractivity contribution < 1.29 is 14.5 Å². The van der Waals surface area contributed by atoms with E-state index in [4.69, 9.17) is 12.8 Å². The second-order valence-electron chi connectivity index (χ2n) is 4.86. The number of unbranched alkanes of at least 4 members (excludes halogenated alkanes) is 4. The first-order valence-electron chi connectivity index (χ1n) is 7.11. The average Bonchev–Trinajstić information content (AvgIpc) is 2.45. The summed E-state index contributed by atoms with van der Waals surface area (Å²) in [5, 5.41) is 9.31. The molecular weight excluding hydrogens is 283 g/mol. The molecule has 0 radical (unpaired) electrons. The second kappa shape index (κ2) is 11.1. The highest BCUT2D eigenvalue weighted by Crippen LogP contribution is 2.52. The Balaban J connectivity index is 4.90. The van der Waals surface area contributed by atoms with Gasteiger partial charge in [-0.05, 0) is 32.6 Å². The minimum atomic E-state index is -2.89. The summed E-state index contributed by atoms with van der Waals surface area (Å²) in [7, 11) is -2.89. The average molecular weight is 306 g/mol. The van der Waals surface area contributed by atoms with Gasteiger partial charge in [-0.25, -0.2) is 0 Å². The fourth-order valence-electron chi connectivity index (χ4n) is 2.10. The molecule has 0 aromatic carbocycles. The quantitative estimate of drug-likeness (QED) is 0.382. The Hall–Kier alpha value is -1.62. The van der Waals surface area contributed by atoms with Crippen molar-refractivity contribution >= 4 is 13.1 Å². The maximum atomic E-state index is 13.1. The van der Waals surface area contributed by atoms with Crippen LogP contribution in [0.15, 0.2) is 0 Å². The highest BCUT2D eigenvalue weighted by molar-refractivity contribution is 7.65. The summed E-state index contributed by atoms with van der Waals surface area (Å²) in [6.45, 7) is 1.57. The molecule has 0 aliphatic rings. The highest BCUT2D eigenvalue weighted by Gasteiger charge is 2.36. The molecule has 0 bridgehead atoms. The first-order valence-corrected chi connectivity index (χ1v) is 9.26. The van der Waals surface area contributed by atoms with Gasteiger partial charge in [0.2, 0.25) is 0 Å². The van der Waals surface area contributed by atoms with E-state index in [0.29, 0.717) is 38.0 Å². The first-order chi connectivity index (χ1) is 10.0. The lowest BCUT2D eigenvalue weighted by Crippen LogP contribution is -2.22. The molecule has 0 aliphatic carbocycles. The molecule has 21 heavy (non-hydrogen) atoms. The number of terminal acetylenes is 2. The largest absolute Gasteiger partial charge is 0.480 e. The molecule has 0 saturated carbocycles. The molecule has 0 aliphatic heterocycles. The zero-order valence-electron chi connectivity index (χ0n) is 12.6. The van der Waals surface area contributed by atoms with Gasteiger partial charge < -0.3 is 9.67 Å². The Morgan fingerprint density at radius 3 is 1.90 bits per heavy atom. The van der Waals surface area contributed by atoms with E-state index in [1.807, 2.05) is 0 Å². The van der Waals surface area contributed by atoms with E-state index in [2.05, 4.69) is 23.7 Å². The molecule has 0 fully saturated rings. The van der Waals surface area contributed by atoms with Gasteiger partial charge in [-0.1, -0.05) is 5.92 Å². The smallest absolute Gasteiger partial charge is 0.326 e. The molecule has 0 amide bonds. The monoisotopic (exact) mass is 306 g/mol. The van der Waals surface area contributed by atoms with E-state index >= 15 is 0 Å². The summed E-state index contributed by atoms with van der Waals surface area (Å²) in [4.78, 5) is 11.4. The number of carboxylic acid groups (broad SMARTS) is 1. The Morgan fingerprint density at radius 2 is 1.57 bits per heavy atom. The van der Waals surface area contributed by atoms with E-state index in [-0.39, 0.29) is 0 Å². The standard InChI is InChI=1S/C17H23O3P/c1-4-7-9-11-14-21(20,15-12-10-8-5-2)16(13-6-3)17(18)19/h1-2,16H,7-12,14-15H2,3H3,(H,18,19). The number of carboxylic acids is 1. The number of rotatable bonds is 10. The number of hydrogen-bond donors (Lipinski definition) is 1. The van der Waals surface area contributed by atoms with Crippen molar-refractivity contribution in [1.29, 1.82) is 0 Å². The van der Waals surface area contributed by atoms with Gasteiger partial charge in [0.15, 0.2) is 5.66 Å². The van der Waals surface area contributed by atoms with E-state index < -0.39 is 18.8 Å².